The molecule has 0 bridgehead atoms. The minimum absolute atomic E-state index is 0.151. The molecule has 0 heterocycles. The van der Waals surface area contributed by atoms with Crippen molar-refractivity contribution in [2.24, 2.45) is 0 Å². The van der Waals surface area contributed by atoms with Crippen LogP contribution >= 0.6 is 0 Å². The molecule has 18 heavy (non-hydrogen) atoms. The normalized spacial score (nSPS) is 11.2. The maximum absolute atomic E-state index is 12.0. The van der Waals surface area contributed by atoms with Crippen LogP contribution in [0.3, 0.4) is 0 Å². The molecule has 0 amide bonds. The molecule has 0 aliphatic carbocycles. The van der Waals surface area contributed by atoms with E-state index in [-0.39, 0.29) is 4.90 Å². The first-order chi connectivity index (χ1) is 8.47. The number of aryl methyl sites for hydroxylation is 2. The van der Waals surface area contributed by atoms with E-state index in [1.54, 1.807) is 30.3 Å². The van der Waals surface area contributed by atoms with E-state index < -0.39 is 10.1 Å². The number of hydrogen-bond acceptors (Lipinski definition) is 3. The lowest BCUT2D eigenvalue weighted by Crippen LogP contribution is -2.09. The van der Waals surface area contributed by atoms with Crippen LogP contribution in [0, 0.1) is 19.9 Å². The third-order valence-corrected chi connectivity index (χ3v) is 3.69. The SMILES string of the molecule is Cc1[c]ccc(OS(=O)(=O)c2ccc(C)cc2)c1. The molecular weight excluding hydrogens is 248 g/mol. The Hall–Kier alpha value is -1.81. The van der Waals surface area contributed by atoms with Crippen LogP contribution in [0.2, 0.25) is 0 Å². The van der Waals surface area contributed by atoms with Crippen molar-refractivity contribution in [2.75, 3.05) is 0 Å². The quantitative estimate of drug-likeness (QED) is 0.798. The van der Waals surface area contributed by atoms with Gasteiger partial charge in [-0.15, -0.1) is 0 Å². The molecule has 2 aromatic carbocycles. The zero-order chi connectivity index (χ0) is 13.2. The second-order valence-corrected chi connectivity index (χ2v) is 5.60. The Kier molecular flexibility index (Phi) is 3.39. The molecule has 0 aliphatic heterocycles. The first-order valence-corrected chi connectivity index (χ1v) is 6.88. The topological polar surface area (TPSA) is 43.4 Å². The molecule has 3 nitrogen and oxygen atoms in total. The van der Waals surface area contributed by atoms with E-state index in [1.165, 1.54) is 12.1 Å². The lowest BCUT2D eigenvalue weighted by Gasteiger charge is -2.07. The van der Waals surface area contributed by atoms with Crippen molar-refractivity contribution >= 4 is 10.1 Å². The Balaban J connectivity index is 2.30. The van der Waals surface area contributed by atoms with Crippen molar-refractivity contribution < 1.29 is 12.6 Å². The Morgan fingerprint density at radius 1 is 1.06 bits per heavy atom. The number of rotatable bonds is 3. The molecule has 2 rings (SSSR count). The molecular formula is C14H13O3S. The van der Waals surface area contributed by atoms with Gasteiger partial charge in [-0.3, -0.25) is 0 Å². The molecule has 0 atom stereocenters. The van der Waals surface area contributed by atoms with Crippen LogP contribution in [0.5, 0.6) is 5.75 Å². The molecule has 0 N–H and O–H groups in total. The Labute approximate surface area is 107 Å². The largest absolute Gasteiger partial charge is 0.379 e. The van der Waals surface area contributed by atoms with Gasteiger partial charge in [-0.05, 0) is 49.7 Å². The van der Waals surface area contributed by atoms with E-state index in [0.717, 1.165) is 11.1 Å². The van der Waals surface area contributed by atoms with Crippen molar-refractivity contribution in [3.05, 3.63) is 59.7 Å². The average molecular weight is 261 g/mol. The predicted octanol–water partition coefficient (Wildman–Crippen LogP) is 2.87. The summed E-state index contributed by atoms with van der Waals surface area (Å²) in [5, 5.41) is 0. The van der Waals surface area contributed by atoms with Gasteiger partial charge in [-0.2, -0.15) is 8.42 Å². The molecule has 93 valence electrons. The first kappa shape index (κ1) is 12.6. The predicted molar refractivity (Wildman–Crippen MR) is 69.0 cm³/mol. The van der Waals surface area contributed by atoms with E-state index in [2.05, 4.69) is 6.07 Å². The summed E-state index contributed by atoms with van der Waals surface area (Å²) in [4.78, 5) is 0.151. The van der Waals surface area contributed by atoms with Gasteiger partial charge in [0.15, 0.2) is 0 Å². The Morgan fingerprint density at radius 3 is 2.33 bits per heavy atom. The lowest BCUT2D eigenvalue weighted by molar-refractivity contribution is 0.486. The molecule has 0 aliphatic rings. The van der Waals surface area contributed by atoms with Gasteiger partial charge in [-0.1, -0.05) is 23.8 Å². The second-order valence-electron chi connectivity index (χ2n) is 4.06. The summed E-state index contributed by atoms with van der Waals surface area (Å²) in [6.45, 7) is 3.72. The van der Waals surface area contributed by atoms with Crippen molar-refractivity contribution in [1.82, 2.24) is 0 Å². The van der Waals surface area contributed by atoms with E-state index in [4.69, 9.17) is 4.18 Å². The van der Waals surface area contributed by atoms with Crippen LogP contribution in [-0.2, 0) is 10.1 Å². The van der Waals surface area contributed by atoms with Gasteiger partial charge >= 0.3 is 10.1 Å². The summed E-state index contributed by atoms with van der Waals surface area (Å²) in [5.74, 6) is 0.298. The summed E-state index contributed by atoms with van der Waals surface area (Å²) in [7, 11) is -3.76. The van der Waals surface area contributed by atoms with E-state index in [9.17, 15) is 8.42 Å². The minimum Gasteiger partial charge on any atom is -0.379 e. The molecule has 2 aromatic rings. The van der Waals surface area contributed by atoms with Crippen molar-refractivity contribution in [2.45, 2.75) is 18.7 Å². The van der Waals surface area contributed by atoms with Gasteiger partial charge in [0, 0.05) is 0 Å². The summed E-state index contributed by atoms with van der Waals surface area (Å²) >= 11 is 0. The highest BCUT2D eigenvalue weighted by atomic mass is 32.2. The molecule has 0 unspecified atom stereocenters. The fraction of sp³-hybridized carbons (Fsp3) is 0.143. The monoisotopic (exact) mass is 261 g/mol. The van der Waals surface area contributed by atoms with Gasteiger partial charge in [0.2, 0.25) is 0 Å². The zero-order valence-corrected chi connectivity index (χ0v) is 11.0. The van der Waals surface area contributed by atoms with E-state index in [1.807, 2.05) is 13.8 Å². The molecule has 0 aromatic heterocycles. The Morgan fingerprint density at radius 2 is 1.72 bits per heavy atom. The first-order valence-electron chi connectivity index (χ1n) is 5.47. The Bertz CT molecular complexity index is 643. The maximum atomic E-state index is 12.0. The molecule has 0 fully saturated rings. The van der Waals surface area contributed by atoms with Gasteiger partial charge in [0.1, 0.15) is 10.6 Å². The smallest absolute Gasteiger partial charge is 0.339 e. The van der Waals surface area contributed by atoms with E-state index >= 15 is 0 Å². The fourth-order valence-corrected chi connectivity index (χ4v) is 2.41. The molecule has 4 heteroatoms. The van der Waals surface area contributed by atoms with Gasteiger partial charge in [0.25, 0.3) is 0 Å². The number of benzene rings is 2. The van der Waals surface area contributed by atoms with Crippen LogP contribution < -0.4 is 4.18 Å². The summed E-state index contributed by atoms with van der Waals surface area (Å²) in [6.07, 6.45) is 0. The van der Waals surface area contributed by atoms with Gasteiger partial charge in [-0.25, -0.2) is 0 Å². The van der Waals surface area contributed by atoms with Crippen molar-refractivity contribution in [1.29, 1.82) is 0 Å². The summed E-state index contributed by atoms with van der Waals surface area (Å²) in [5.41, 5.74) is 1.82. The van der Waals surface area contributed by atoms with Crippen LogP contribution in [0.1, 0.15) is 11.1 Å². The standard InChI is InChI=1S/C14H13O3S/c1-11-6-8-14(9-7-11)18(15,16)17-13-5-3-4-12(2)10-13/h3,5-10H,1-2H3. The van der Waals surface area contributed by atoms with Crippen molar-refractivity contribution in [3.63, 3.8) is 0 Å². The van der Waals surface area contributed by atoms with E-state index in [0.29, 0.717) is 5.75 Å². The molecule has 0 saturated carbocycles. The third-order valence-electron chi connectivity index (χ3n) is 2.43. The summed E-state index contributed by atoms with van der Waals surface area (Å²) in [6, 6.07) is 14.3. The van der Waals surface area contributed by atoms with Crippen molar-refractivity contribution in [3.8, 4) is 5.75 Å². The molecule has 0 saturated heterocycles. The fourth-order valence-electron chi connectivity index (χ4n) is 1.49. The van der Waals surface area contributed by atoms with Crippen LogP contribution in [0.4, 0.5) is 0 Å². The average Bonchev–Trinajstić information content (AvgIpc) is 2.29. The highest BCUT2D eigenvalue weighted by molar-refractivity contribution is 7.87. The number of hydrogen-bond donors (Lipinski definition) is 0. The second kappa shape index (κ2) is 4.82. The van der Waals surface area contributed by atoms with Crippen LogP contribution in [-0.4, -0.2) is 8.42 Å². The zero-order valence-electron chi connectivity index (χ0n) is 10.2. The molecule has 1 radical (unpaired) electrons. The van der Waals surface area contributed by atoms with Gasteiger partial charge in [0.05, 0.1) is 0 Å². The third kappa shape index (κ3) is 2.90. The van der Waals surface area contributed by atoms with Crippen LogP contribution in [0.25, 0.3) is 0 Å². The highest BCUT2D eigenvalue weighted by Gasteiger charge is 2.16. The lowest BCUT2D eigenvalue weighted by atomic mass is 10.2. The molecule has 0 spiro atoms. The van der Waals surface area contributed by atoms with Crippen LogP contribution in [0.15, 0.2) is 47.4 Å². The maximum Gasteiger partial charge on any atom is 0.339 e. The minimum atomic E-state index is -3.76. The highest BCUT2D eigenvalue weighted by Crippen LogP contribution is 2.19. The summed E-state index contributed by atoms with van der Waals surface area (Å²) < 4.78 is 29.0. The van der Waals surface area contributed by atoms with Gasteiger partial charge < -0.3 is 4.18 Å².